The van der Waals surface area contributed by atoms with Crippen LogP contribution in [0.1, 0.15) is 38.5 Å². The molecule has 0 bridgehead atoms. The number of hydrogen-bond acceptors (Lipinski definition) is 9. The van der Waals surface area contributed by atoms with Gasteiger partial charge in [0.2, 0.25) is 0 Å². The molecule has 2 unspecified atom stereocenters. The number of anilines is 1. The van der Waals surface area contributed by atoms with E-state index in [9.17, 15) is 13.9 Å². The predicted octanol–water partition coefficient (Wildman–Crippen LogP) is 5.89. The quantitative estimate of drug-likeness (QED) is 0.254. The van der Waals surface area contributed by atoms with Crippen LogP contribution in [-0.2, 0) is 4.74 Å². The van der Waals surface area contributed by atoms with Gasteiger partial charge in [-0.1, -0.05) is 6.07 Å². The van der Waals surface area contributed by atoms with Gasteiger partial charge in [-0.3, -0.25) is 9.88 Å². The lowest BCUT2D eigenvalue weighted by Gasteiger charge is -2.41. The smallest absolute Gasteiger partial charge is 0.319 e. The molecule has 8 rings (SSSR count). The Bertz CT molecular complexity index is 1880. The van der Waals surface area contributed by atoms with Crippen molar-refractivity contribution >= 4 is 43.4 Å². The molecule has 4 aliphatic heterocycles. The lowest BCUT2D eigenvalue weighted by atomic mass is 9.87. The van der Waals surface area contributed by atoms with E-state index >= 15 is 4.39 Å². The number of ether oxygens (including phenoxy) is 2. The second-order valence-electron chi connectivity index (χ2n) is 13.6. The molecular weight excluding hydrogens is 677 g/mol. The molecule has 0 aliphatic carbocycles. The maximum atomic E-state index is 16.9. The summed E-state index contributed by atoms with van der Waals surface area (Å²) in [6, 6.07) is 5.67. The Morgan fingerprint density at radius 2 is 1.98 bits per heavy atom. The molecule has 2 aromatic carbocycles. The summed E-state index contributed by atoms with van der Waals surface area (Å²) in [5.41, 5.74) is -0.486. The second kappa shape index (κ2) is 11.7. The fourth-order valence-corrected chi connectivity index (χ4v) is 9.01. The van der Waals surface area contributed by atoms with Gasteiger partial charge >= 0.3 is 6.01 Å². The Labute approximate surface area is 278 Å². The fourth-order valence-electron chi connectivity index (χ4n) is 8.43. The van der Waals surface area contributed by atoms with Gasteiger partial charge < -0.3 is 24.8 Å². The van der Waals surface area contributed by atoms with Gasteiger partial charge in [0.1, 0.15) is 41.4 Å². The summed E-state index contributed by atoms with van der Waals surface area (Å²) < 4.78 is 58.2. The average Bonchev–Trinajstić information content (AvgIpc) is 3.73. The number of piperidine rings is 1. The monoisotopic (exact) mass is 712 g/mol. The summed E-state index contributed by atoms with van der Waals surface area (Å²) in [5.74, 6) is -0.869. The van der Waals surface area contributed by atoms with Gasteiger partial charge in [0.05, 0.1) is 21.5 Å². The Kier molecular flexibility index (Phi) is 7.73. The fraction of sp³-hybridized carbons (Fsp3) is 0.500. The Balaban J connectivity index is 1.25. The summed E-state index contributed by atoms with van der Waals surface area (Å²) in [7, 11) is 1.72. The summed E-state index contributed by atoms with van der Waals surface area (Å²) in [4.78, 5) is 18.3. The minimum absolute atomic E-state index is 0.00311. The van der Waals surface area contributed by atoms with Crippen LogP contribution in [0.4, 0.5) is 19.0 Å². The van der Waals surface area contributed by atoms with E-state index in [0.717, 1.165) is 45.2 Å². The Hall–Kier alpha value is -3.26. The van der Waals surface area contributed by atoms with Crippen molar-refractivity contribution in [3.8, 4) is 23.0 Å². The highest BCUT2D eigenvalue weighted by atomic mass is 79.9. The summed E-state index contributed by atoms with van der Waals surface area (Å²) in [6.07, 6.45) is 5.61. The van der Waals surface area contributed by atoms with Gasteiger partial charge in [-0.2, -0.15) is 9.97 Å². The van der Waals surface area contributed by atoms with Crippen LogP contribution < -0.4 is 15.0 Å². The lowest BCUT2D eigenvalue weighted by Crippen LogP contribution is -2.54. The number of methoxy groups -OCH3 is 1. The first-order valence-corrected chi connectivity index (χ1v) is 17.0. The number of aromatic nitrogens is 3. The minimum atomic E-state index is -0.918. The third kappa shape index (κ3) is 5.30. The average molecular weight is 714 g/mol. The van der Waals surface area contributed by atoms with E-state index in [0.29, 0.717) is 48.0 Å². The number of hydrogen-bond donors (Lipinski definition) is 2. The molecule has 2 N–H and O–H groups in total. The Morgan fingerprint density at radius 3 is 2.81 bits per heavy atom. The highest BCUT2D eigenvalue weighted by Gasteiger charge is 2.49. The van der Waals surface area contributed by atoms with Gasteiger partial charge in [-0.15, -0.1) is 0 Å². The van der Waals surface area contributed by atoms with Gasteiger partial charge in [0, 0.05) is 62.4 Å². The standard InChI is InChI=1S/C34H36BrF3N6O3/c1-46-22-13-33(40-14-22)6-2-8-43(17-33)31-24-15-39-29(23-11-21(45)10-19-4-5-25(37)27(35)26(19)23)28(38)30(24)41-32(42-31)47-18-34-7-3-9-44(34)16-20(36)12-34/h4-5,10-11,15,20,22,40,45H,2-3,6-9,12-14,16-18H2,1H3/t20-,22?,33?,34+/m1/s1. The van der Waals surface area contributed by atoms with Gasteiger partial charge in [-0.25, -0.2) is 13.2 Å². The third-order valence-corrected chi connectivity index (χ3v) is 11.4. The van der Waals surface area contributed by atoms with Crippen LogP contribution in [0.5, 0.6) is 11.8 Å². The topological polar surface area (TPSA) is 95.9 Å². The van der Waals surface area contributed by atoms with E-state index in [1.54, 1.807) is 13.3 Å². The van der Waals surface area contributed by atoms with Crippen molar-refractivity contribution < 1.29 is 27.8 Å². The normalized spacial score (nSPS) is 27.8. The molecular formula is C34H36BrF3N6O3. The SMILES string of the molecule is COC1CNC2(CCCN(c3nc(OC[C@@]45CCCN4C[C@H](F)C5)nc4c(F)c(-c5cc(O)cc6ccc(F)c(Br)c56)ncc34)C2)C1. The first-order chi connectivity index (χ1) is 22.7. The summed E-state index contributed by atoms with van der Waals surface area (Å²) in [5, 5.41) is 15.5. The molecule has 248 valence electrons. The molecule has 2 aromatic heterocycles. The molecule has 9 nitrogen and oxygen atoms in total. The number of benzene rings is 2. The van der Waals surface area contributed by atoms with E-state index in [2.05, 4.69) is 41.0 Å². The summed E-state index contributed by atoms with van der Waals surface area (Å²) >= 11 is 3.32. The van der Waals surface area contributed by atoms with Crippen LogP contribution in [0.15, 0.2) is 34.9 Å². The molecule has 4 fully saturated rings. The van der Waals surface area contributed by atoms with Crippen LogP contribution in [0, 0.1) is 11.6 Å². The van der Waals surface area contributed by atoms with Crippen LogP contribution >= 0.6 is 15.9 Å². The number of rotatable bonds is 6. The minimum Gasteiger partial charge on any atom is -0.508 e. The number of halogens is 4. The maximum absolute atomic E-state index is 16.9. The van der Waals surface area contributed by atoms with Gasteiger partial charge in [0.25, 0.3) is 0 Å². The number of nitrogens with zero attached hydrogens (tertiary/aromatic N) is 5. The molecule has 13 heteroatoms. The number of phenols is 1. The second-order valence-corrected chi connectivity index (χ2v) is 14.4. The lowest BCUT2D eigenvalue weighted by molar-refractivity contribution is 0.107. The van der Waals surface area contributed by atoms with E-state index in [-0.39, 0.29) is 51.3 Å². The van der Waals surface area contributed by atoms with E-state index in [1.807, 2.05) is 0 Å². The van der Waals surface area contributed by atoms with E-state index in [1.165, 1.54) is 24.3 Å². The number of pyridine rings is 1. The largest absolute Gasteiger partial charge is 0.508 e. The van der Waals surface area contributed by atoms with Crippen molar-refractivity contribution in [3.63, 3.8) is 0 Å². The molecule has 0 amide bonds. The van der Waals surface area contributed by atoms with Gasteiger partial charge in [-0.05, 0) is 78.2 Å². The summed E-state index contributed by atoms with van der Waals surface area (Å²) in [6.45, 7) is 3.48. The maximum Gasteiger partial charge on any atom is 0.319 e. The molecule has 6 heterocycles. The number of fused-ring (bicyclic) bond motifs is 3. The molecule has 4 aliphatic rings. The molecule has 47 heavy (non-hydrogen) atoms. The predicted molar refractivity (Wildman–Crippen MR) is 176 cm³/mol. The van der Waals surface area contributed by atoms with Crippen molar-refractivity contribution in [1.82, 2.24) is 25.2 Å². The molecule has 0 radical (unpaired) electrons. The molecule has 4 saturated heterocycles. The molecule has 0 saturated carbocycles. The number of aromatic hydroxyl groups is 1. The molecule has 1 spiro atoms. The zero-order chi connectivity index (χ0) is 32.5. The highest BCUT2D eigenvalue weighted by molar-refractivity contribution is 9.10. The zero-order valence-corrected chi connectivity index (χ0v) is 27.6. The number of phenolic OH excluding ortho intramolecular Hbond substituents is 1. The number of nitrogens with one attached hydrogen (secondary N) is 1. The third-order valence-electron chi connectivity index (χ3n) is 10.7. The molecule has 4 aromatic rings. The van der Waals surface area contributed by atoms with Crippen LogP contribution in [-0.4, -0.2) is 94.8 Å². The van der Waals surface area contributed by atoms with Gasteiger partial charge in [0.15, 0.2) is 5.82 Å². The van der Waals surface area contributed by atoms with Crippen LogP contribution in [0.2, 0.25) is 0 Å². The van der Waals surface area contributed by atoms with E-state index < -0.39 is 23.3 Å². The van der Waals surface area contributed by atoms with Crippen molar-refractivity contribution in [3.05, 3.63) is 46.6 Å². The number of alkyl halides is 1. The van der Waals surface area contributed by atoms with E-state index in [4.69, 9.17) is 14.5 Å². The Morgan fingerprint density at radius 1 is 1.13 bits per heavy atom. The van der Waals surface area contributed by atoms with Crippen LogP contribution in [0.3, 0.4) is 0 Å². The first kappa shape index (κ1) is 31.0. The van der Waals surface area contributed by atoms with Crippen molar-refractivity contribution in [2.75, 3.05) is 51.3 Å². The van der Waals surface area contributed by atoms with Crippen molar-refractivity contribution in [2.24, 2.45) is 0 Å². The van der Waals surface area contributed by atoms with Crippen LogP contribution in [0.25, 0.3) is 32.9 Å². The molecule has 4 atom stereocenters. The highest BCUT2D eigenvalue weighted by Crippen LogP contribution is 2.43. The van der Waals surface area contributed by atoms with Crippen molar-refractivity contribution in [1.29, 1.82) is 0 Å². The van der Waals surface area contributed by atoms with Crippen molar-refractivity contribution in [2.45, 2.75) is 61.9 Å². The first-order valence-electron chi connectivity index (χ1n) is 16.2. The zero-order valence-electron chi connectivity index (χ0n) is 26.0.